The Morgan fingerprint density at radius 2 is 1.68 bits per heavy atom. The van der Waals surface area contributed by atoms with Crippen LogP contribution in [0.1, 0.15) is 24.8 Å². The van der Waals surface area contributed by atoms with Crippen LogP contribution in [0.4, 0.5) is 5.69 Å². The minimum absolute atomic E-state index is 0.0299. The van der Waals surface area contributed by atoms with Gasteiger partial charge in [-0.2, -0.15) is 0 Å². The van der Waals surface area contributed by atoms with Gasteiger partial charge in [0.1, 0.15) is 17.2 Å². The van der Waals surface area contributed by atoms with E-state index in [1.165, 1.54) is 0 Å². The third-order valence-electron chi connectivity index (χ3n) is 5.68. The molecule has 0 atom stereocenters. The molecule has 0 bridgehead atoms. The van der Waals surface area contributed by atoms with Crippen molar-refractivity contribution in [1.82, 2.24) is 4.90 Å². The van der Waals surface area contributed by atoms with Crippen LogP contribution in [-0.2, 0) is 16.0 Å². The second kappa shape index (κ2) is 10.7. The molecule has 0 aromatic heterocycles. The van der Waals surface area contributed by atoms with Gasteiger partial charge in [-0.3, -0.25) is 9.59 Å². The van der Waals surface area contributed by atoms with Crippen molar-refractivity contribution in [2.45, 2.75) is 25.7 Å². The van der Waals surface area contributed by atoms with Crippen molar-refractivity contribution >= 4 is 17.5 Å². The predicted molar refractivity (Wildman–Crippen MR) is 119 cm³/mol. The molecule has 7 heteroatoms. The average Bonchev–Trinajstić information content (AvgIpc) is 2.82. The lowest BCUT2D eigenvalue weighted by atomic mass is 9.95. The van der Waals surface area contributed by atoms with E-state index >= 15 is 0 Å². The van der Waals surface area contributed by atoms with Gasteiger partial charge in [-0.15, -0.1) is 0 Å². The van der Waals surface area contributed by atoms with Gasteiger partial charge in [-0.1, -0.05) is 12.1 Å². The molecule has 1 saturated heterocycles. The van der Waals surface area contributed by atoms with E-state index in [0.29, 0.717) is 50.2 Å². The van der Waals surface area contributed by atoms with Crippen LogP contribution in [0.2, 0.25) is 0 Å². The third-order valence-corrected chi connectivity index (χ3v) is 5.68. The van der Waals surface area contributed by atoms with E-state index in [1.54, 1.807) is 21.3 Å². The Hall–Kier alpha value is -3.22. The van der Waals surface area contributed by atoms with Gasteiger partial charge < -0.3 is 24.4 Å². The molecule has 7 nitrogen and oxygen atoms in total. The molecule has 0 radical (unpaired) electrons. The molecule has 0 aliphatic carbocycles. The number of carbonyl (C=O) groups is 2. The van der Waals surface area contributed by atoms with Gasteiger partial charge in [-0.05, 0) is 55.2 Å². The Balaban J connectivity index is 1.50. The Labute approximate surface area is 183 Å². The third kappa shape index (κ3) is 5.69. The van der Waals surface area contributed by atoms with Crippen LogP contribution < -0.4 is 19.5 Å². The number of methoxy groups -OCH3 is 3. The molecule has 3 rings (SSSR count). The number of amides is 2. The number of aryl methyl sites for hydroxylation is 1. The molecule has 0 saturated carbocycles. The second-order valence-corrected chi connectivity index (χ2v) is 7.52. The Bertz CT molecular complexity index is 907. The number of ether oxygens (including phenoxy) is 3. The molecule has 2 aromatic carbocycles. The van der Waals surface area contributed by atoms with Crippen molar-refractivity contribution in [3.05, 3.63) is 48.0 Å². The summed E-state index contributed by atoms with van der Waals surface area (Å²) in [4.78, 5) is 27.2. The van der Waals surface area contributed by atoms with Crippen LogP contribution in [0.5, 0.6) is 17.2 Å². The van der Waals surface area contributed by atoms with Crippen LogP contribution in [0.3, 0.4) is 0 Å². The van der Waals surface area contributed by atoms with Crippen LogP contribution in [-0.4, -0.2) is 51.1 Å². The van der Waals surface area contributed by atoms with Gasteiger partial charge in [0.05, 0.1) is 27.0 Å². The van der Waals surface area contributed by atoms with Crippen molar-refractivity contribution in [3.8, 4) is 17.2 Å². The number of benzene rings is 2. The summed E-state index contributed by atoms with van der Waals surface area (Å²) in [7, 11) is 4.81. The van der Waals surface area contributed by atoms with Gasteiger partial charge >= 0.3 is 0 Å². The summed E-state index contributed by atoms with van der Waals surface area (Å²) in [5.41, 5.74) is 1.61. The van der Waals surface area contributed by atoms with Crippen LogP contribution in [0, 0.1) is 5.92 Å². The zero-order valence-electron chi connectivity index (χ0n) is 18.3. The van der Waals surface area contributed by atoms with E-state index in [2.05, 4.69) is 5.32 Å². The molecule has 1 fully saturated rings. The number of rotatable bonds is 8. The molecule has 1 N–H and O–H groups in total. The first-order valence-electron chi connectivity index (χ1n) is 10.5. The minimum Gasteiger partial charge on any atom is -0.497 e. The number of hydrogen-bond donors (Lipinski definition) is 1. The predicted octanol–water partition coefficient (Wildman–Crippen LogP) is 3.52. The maximum Gasteiger partial charge on any atom is 0.227 e. The van der Waals surface area contributed by atoms with Crippen LogP contribution in [0.25, 0.3) is 0 Å². The topological polar surface area (TPSA) is 77.1 Å². The highest BCUT2D eigenvalue weighted by molar-refractivity contribution is 5.94. The highest BCUT2D eigenvalue weighted by atomic mass is 16.5. The standard InChI is InChI=1S/C24H30N2O5/c1-29-19-9-10-21(30-2)18(16-19)8-11-23(27)26-14-12-17(13-15-26)24(28)25-20-6-4-5-7-22(20)31-3/h4-7,9-10,16-17H,8,11-15H2,1-3H3,(H,25,28). The molecule has 1 aliphatic rings. The second-order valence-electron chi connectivity index (χ2n) is 7.52. The van der Waals surface area contributed by atoms with Crippen molar-refractivity contribution in [2.75, 3.05) is 39.7 Å². The summed E-state index contributed by atoms with van der Waals surface area (Å²) in [6.07, 6.45) is 2.26. The number of para-hydroxylation sites is 2. The highest BCUT2D eigenvalue weighted by Gasteiger charge is 2.27. The summed E-state index contributed by atoms with van der Waals surface area (Å²) in [6, 6.07) is 12.9. The maximum atomic E-state index is 12.7. The normalized spacial score (nSPS) is 14.1. The van der Waals surface area contributed by atoms with Gasteiger partial charge in [0.15, 0.2) is 0 Å². The van der Waals surface area contributed by atoms with Gasteiger partial charge in [0.25, 0.3) is 0 Å². The Morgan fingerprint density at radius 3 is 2.35 bits per heavy atom. The maximum absolute atomic E-state index is 12.7. The lowest BCUT2D eigenvalue weighted by Crippen LogP contribution is -2.41. The molecular weight excluding hydrogens is 396 g/mol. The quantitative estimate of drug-likeness (QED) is 0.699. The first-order valence-corrected chi connectivity index (χ1v) is 10.5. The molecule has 1 aliphatic heterocycles. The Kier molecular flexibility index (Phi) is 7.76. The summed E-state index contributed by atoms with van der Waals surface area (Å²) in [6.45, 7) is 1.16. The van der Waals surface area contributed by atoms with Gasteiger partial charge in [-0.25, -0.2) is 0 Å². The number of piperidine rings is 1. The number of nitrogens with zero attached hydrogens (tertiary/aromatic N) is 1. The SMILES string of the molecule is COc1ccc(OC)c(CCC(=O)N2CCC(C(=O)Nc3ccccc3OC)CC2)c1. The molecule has 0 unspecified atom stereocenters. The zero-order chi connectivity index (χ0) is 22.2. The molecule has 0 spiro atoms. The fraction of sp³-hybridized carbons (Fsp3) is 0.417. The monoisotopic (exact) mass is 426 g/mol. The van der Waals surface area contributed by atoms with Crippen molar-refractivity contribution in [2.24, 2.45) is 5.92 Å². The van der Waals surface area contributed by atoms with Gasteiger partial charge in [0.2, 0.25) is 11.8 Å². The average molecular weight is 427 g/mol. The van der Waals surface area contributed by atoms with E-state index in [9.17, 15) is 9.59 Å². The van der Waals surface area contributed by atoms with E-state index in [4.69, 9.17) is 14.2 Å². The van der Waals surface area contributed by atoms with E-state index in [-0.39, 0.29) is 17.7 Å². The first-order chi connectivity index (χ1) is 15.0. The Morgan fingerprint density at radius 1 is 0.968 bits per heavy atom. The number of nitrogens with one attached hydrogen (secondary N) is 1. The van der Waals surface area contributed by atoms with Gasteiger partial charge in [0, 0.05) is 25.4 Å². The fourth-order valence-corrected chi connectivity index (χ4v) is 3.85. The molecule has 2 amide bonds. The van der Waals surface area contributed by atoms with Crippen molar-refractivity contribution in [3.63, 3.8) is 0 Å². The summed E-state index contributed by atoms with van der Waals surface area (Å²) in [5, 5.41) is 2.95. The summed E-state index contributed by atoms with van der Waals surface area (Å²) >= 11 is 0. The van der Waals surface area contributed by atoms with E-state index < -0.39 is 0 Å². The number of anilines is 1. The zero-order valence-corrected chi connectivity index (χ0v) is 18.3. The van der Waals surface area contributed by atoms with E-state index in [1.807, 2.05) is 47.4 Å². The van der Waals surface area contributed by atoms with Crippen LogP contribution >= 0.6 is 0 Å². The minimum atomic E-state index is -0.118. The molecule has 2 aromatic rings. The van der Waals surface area contributed by atoms with E-state index in [0.717, 1.165) is 17.1 Å². The lowest BCUT2D eigenvalue weighted by molar-refractivity contribution is -0.134. The molecule has 31 heavy (non-hydrogen) atoms. The van der Waals surface area contributed by atoms with Crippen LogP contribution in [0.15, 0.2) is 42.5 Å². The number of carbonyl (C=O) groups excluding carboxylic acids is 2. The number of hydrogen-bond acceptors (Lipinski definition) is 5. The first kappa shape index (κ1) is 22.5. The molecule has 166 valence electrons. The largest absolute Gasteiger partial charge is 0.497 e. The molecule has 1 heterocycles. The summed E-state index contributed by atoms with van der Waals surface area (Å²) < 4.78 is 16.0. The highest BCUT2D eigenvalue weighted by Crippen LogP contribution is 2.27. The van der Waals surface area contributed by atoms with Crippen molar-refractivity contribution < 1.29 is 23.8 Å². The number of likely N-dealkylation sites (tertiary alicyclic amines) is 1. The smallest absolute Gasteiger partial charge is 0.227 e. The lowest BCUT2D eigenvalue weighted by Gasteiger charge is -2.31. The van der Waals surface area contributed by atoms with Crippen molar-refractivity contribution in [1.29, 1.82) is 0 Å². The molecular formula is C24H30N2O5. The summed E-state index contributed by atoms with van der Waals surface area (Å²) in [5.74, 6) is 2.07. The fourth-order valence-electron chi connectivity index (χ4n) is 3.85.